The number of H-pyrrole nitrogens is 1. The van der Waals surface area contributed by atoms with Crippen LogP contribution >= 0.6 is 11.3 Å². The van der Waals surface area contributed by atoms with Crippen LogP contribution in [0.3, 0.4) is 0 Å². The summed E-state index contributed by atoms with van der Waals surface area (Å²) >= 11 is 1.36. The minimum Gasteiger partial charge on any atom is -0.507 e. The van der Waals surface area contributed by atoms with Gasteiger partial charge in [-0.2, -0.15) is 0 Å². The smallest absolute Gasteiger partial charge is 0.266 e. The maximum atomic E-state index is 12.3. The number of rotatable bonds is 4. The van der Waals surface area contributed by atoms with Crippen molar-refractivity contribution in [3.63, 3.8) is 0 Å². The number of aromatic hydroxyl groups is 1. The molecule has 4 aromatic rings. The van der Waals surface area contributed by atoms with E-state index in [1.165, 1.54) is 11.3 Å². The van der Waals surface area contributed by atoms with Gasteiger partial charge in [-0.1, -0.05) is 24.3 Å². The van der Waals surface area contributed by atoms with Crippen LogP contribution in [0.4, 0.5) is 0 Å². The lowest BCUT2D eigenvalue weighted by molar-refractivity contribution is 0.478. The molecule has 0 aliphatic carbocycles. The minimum atomic E-state index is -3.31. The van der Waals surface area contributed by atoms with Gasteiger partial charge in [0.1, 0.15) is 10.4 Å². The third-order valence-electron chi connectivity index (χ3n) is 4.66. The number of nitrogens with one attached hydrogen (secondary N) is 2. The lowest BCUT2D eigenvalue weighted by Crippen LogP contribution is -2.25. The topological polar surface area (TPSA) is 99.3 Å². The van der Waals surface area contributed by atoms with Crippen LogP contribution in [0.1, 0.15) is 18.5 Å². The van der Waals surface area contributed by atoms with E-state index in [2.05, 4.69) is 9.71 Å². The molecular formula is C20H18N2O4S2. The molecule has 0 spiro atoms. The molecule has 8 heteroatoms. The van der Waals surface area contributed by atoms with Gasteiger partial charge in [-0.05, 0) is 41.6 Å². The van der Waals surface area contributed by atoms with Gasteiger partial charge in [0.05, 0.1) is 6.26 Å². The van der Waals surface area contributed by atoms with Crippen molar-refractivity contribution in [2.45, 2.75) is 13.0 Å². The molecule has 3 N–H and O–H groups in total. The van der Waals surface area contributed by atoms with Crippen LogP contribution in [0.5, 0.6) is 5.75 Å². The minimum absolute atomic E-state index is 0.113. The Morgan fingerprint density at radius 1 is 1.11 bits per heavy atom. The van der Waals surface area contributed by atoms with Gasteiger partial charge in [0, 0.05) is 27.9 Å². The molecule has 0 saturated carbocycles. The standard InChI is InChI=1S/C20H18N2O4S2/c1-11(22-28(2,25)26)12-3-5-13(6-4-12)17-16(23)8-7-15-18(17)14-9-10-27-19(14)20(24)21-15/h3-11,22-23H,1-2H3,(H,21,24)/t11-/m0/s1. The number of pyridine rings is 1. The number of phenolic OH excluding ortho intramolecular Hbond substituents is 1. The van der Waals surface area contributed by atoms with Gasteiger partial charge in [-0.25, -0.2) is 13.1 Å². The summed E-state index contributed by atoms with van der Waals surface area (Å²) in [6.45, 7) is 1.77. The van der Waals surface area contributed by atoms with Crippen molar-refractivity contribution in [3.05, 3.63) is 63.8 Å². The Balaban J connectivity index is 1.89. The summed E-state index contributed by atoms with van der Waals surface area (Å²) in [5.74, 6) is 0.113. The molecule has 1 atom stereocenters. The molecule has 2 heterocycles. The molecule has 2 aromatic carbocycles. The van der Waals surface area contributed by atoms with E-state index < -0.39 is 10.0 Å². The second-order valence-electron chi connectivity index (χ2n) is 6.73. The number of sulfonamides is 1. The number of aromatic amines is 1. The lowest BCUT2D eigenvalue weighted by atomic mass is 9.96. The Morgan fingerprint density at radius 3 is 2.50 bits per heavy atom. The Hall–Kier alpha value is -2.68. The van der Waals surface area contributed by atoms with Crippen LogP contribution in [-0.2, 0) is 10.0 Å². The van der Waals surface area contributed by atoms with Gasteiger partial charge in [0.15, 0.2) is 0 Å². The van der Waals surface area contributed by atoms with Crippen LogP contribution < -0.4 is 10.3 Å². The molecule has 6 nitrogen and oxygen atoms in total. The molecule has 4 rings (SSSR count). The summed E-state index contributed by atoms with van der Waals surface area (Å²) in [6.07, 6.45) is 1.12. The summed E-state index contributed by atoms with van der Waals surface area (Å²) in [5, 5.41) is 14.0. The van der Waals surface area contributed by atoms with Crippen molar-refractivity contribution in [3.8, 4) is 16.9 Å². The van der Waals surface area contributed by atoms with Gasteiger partial charge in [-0.3, -0.25) is 4.79 Å². The van der Waals surface area contributed by atoms with Crippen molar-refractivity contribution in [1.29, 1.82) is 0 Å². The average molecular weight is 415 g/mol. The highest BCUT2D eigenvalue weighted by molar-refractivity contribution is 7.88. The number of hydrogen-bond donors (Lipinski definition) is 3. The van der Waals surface area contributed by atoms with E-state index in [1.807, 2.05) is 35.7 Å². The third-order valence-corrected chi connectivity index (χ3v) is 6.36. The van der Waals surface area contributed by atoms with E-state index in [0.717, 1.165) is 28.2 Å². The van der Waals surface area contributed by atoms with Crippen molar-refractivity contribution >= 4 is 42.3 Å². The highest BCUT2D eigenvalue weighted by atomic mass is 32.2. The van der Waals surface area contributed by atoms with Crippen LogP contribution in [-0.4, -0.2) is 24.8 Å². The van der Waals surface area contributed by atoms with Crippen molar-refractivity contribution in [2.75, 3.05) is 6.26 Å². The third kappa shape index (κ3) is 3.30. The first kappa shape index (κ1) is 18.7. The molecule has 0 unspecified atom stereocenters. The van der Waals surface area contributed by atoms with Gasteiger partial charge >= 0.3 is 0 Å². The number of fused-ring (bicyclic) bond motifs is 3. The second-order valence-corrected chi connectivity index (χ2v) is 9.43. The van der Waals surface area contributed by atoms with Crippen LogP contribution in [0.15, 0.2) is 52.6 Å². The van der Waals surface area contributed by atoms with Crippen LogP contribution in [0.25, 0.3) is 32.1 Å². The fourth-order valence-electron chi connectivity index (χ4n) is 3.46. The van der Waals surface area contributed by atoms with Gasteiger partial charge in [0.2, 0.25) is 10.0 Å². The summed E-state index contributed by atoms with van der Waals surface area (Å²) in [5.41, 5.74) is 2.72. The lowest BCUT2D eigenvalue weighted by Gasteiger charge is -2.14. The predicted octanol–water partition coefficient (Wildman–Crippen LogP) is 3.73. The zero-order valence-electron chi connectivity index (χ0n) is 15.2. The Labute approximate surface area is 165 Å². The molecule has 28 heavy (non-hydrogen) atoms. The summed E-state index contributed by atoms with van der Waals surface area (Å²) in [4.78, 5) is 15.1. The second kappa shape index (κ2) is 6.73. The first-order valence-electron chi connectivity index (χ1n) is 8.57. The number of benzene rings is 2. The van der Waals surface area contributed by atoms with Crippen LogP contribution in [0.2, 0.25) is 0 Å². The molecule has 0 aliphatic heterocycles. The average Bonchev–Trinajstić information content (AvgIpc) is 3.11. The molecule has 2 aromatic heterocycles. The Kier molecular flexibility index (Phi) is 4.49. The van der Waals surface area contributed by atoms with Crippen molar-refractivity contribution in [2.24, 2.45) is 0 Å². The predicted molar refractivity (Wildman–Crippen MR) is 113 cm³/mol. The monoisotopic (exact) mass is 414 g/mol. The normalized spacial score (nSPS) is 13.2. The molecule has 0 amide bonds. The zero-order chi connectivity index (χ0) is 20.1. The van der Waals surface area contributed by atoms with Gasteiger partial charge in [0.25, 0.3) is 5.56 Å². The molecule has 0 bridgehead atoms. The molecule has 144 valence electrons. The summed E-state index contributed by atoms with van der Waals surface area (Å²) < 4.78 is 26.1. The van der Waals surface area contributed by atoms with E-state index in [1.54, 1.807) is 19.1 Å². The number of thiophene rings is 1. The first-order valence-corrected chi connectivity index (χ1v) is 11.3. The highest BCUT2D eigenvalue weighted by Gasteiger charge is 2.16. The largest absolute Gasteiger partial charge is 0.507 e. The number of phenols is 1. The fourth-order valence-corrected chi connectivity index (χ4v) is 5.03. The SMILES string of the molecule is C[C@H](NS(C)(=O)=O)c1ccc(-c2c(O)ccc3[nH]c(=O)c4sccc4c23)cc1. The maximum Gasteiger partial charge on any atom is 0.266 e. The zero-order valence-corrected chi connectivity index (χ0v) is 16.8. The Morgan fingerprint density at radius 2 is 1.82 bits per heavy atom. The first-order chi connectivity index (χ1) is 13.2. The van der Waals surface area contributed by atoms with E-state index in [0.29, 0.717) is 15.8 Å². The van der Waals surface area contributed by atoms with Crippen molar-refractivity contribution in [1.82, 2.24) is 9.71 Å². The van der Waals surface area contributed by atoms with Gasteiger partial charge < -0.3 is 10.1 Å². The molecule has 0 saturated heterocycles. The number of aromatic nitrogens is 1. The Bertz CT molecular complexity index is 1350. The molecule has 0 fully saturated rings. The van der Waals surface area contributed by atoms with Gasteiger partial charge in [-0.15, -0.1) is 11.3 Å². The van der Waals surface area contributed by atoms with E-state index in [-0.39, 0.29) is 17.4 Å². The van der Waals surface area contributed by atoms with E-state index >= 15 is 0 Å². The molecule has 0 aliphatic rings. The molecular weight excluding hydrogens is 396 g/mol. The quantitative estimate of drug-likeness (QED) is 0.474. The highest BCUT2D eigenvalue weighted by Crippen LogP contribution is 2.39. The number of hydrogen-bond acceptors (Lipinski definition) is 5. The van der Waals surface area contributed by atoms with E-state index in [9.17, 15) is 18.3 Å². The fraction of sp³-hybridized carbons (Fsp3) is 0.150. The molecule has 0 radical (unpaired) electrons. The summed E-state index contributed by atoms with van der Waals surface area (Å²) in [7, 11) is -3.31. The summed E-state index contributed by atoms with van der Waals surface area (Å²) in [6, 6.07) is 12.1. The van der Waals surface area contributed by atoms with Crippen LogP contribution in [0, 0.1) is 0 Å². The van der Waals surface area contributed by atoms with Crippen molar-refractivity contribution < 1.29 is 13.5 Å². The van der Waals surface area contributed by atoms with E-state index in [4.69, 9.17) is 0 Å². The maximum absolute atomic E-state index is 12.3.